The predicted octanol–water partition coefficient (Wildman–Crippen LogP) is 6.52. The molecular weight excluding hydrogens is 740 g/mol. The van der Waals surface area contributed by atoms with E-state index >= 15 is 4.79 Å². The largest absolute Gasteiger partial charge is 0.508 e. The molecule has 3 heterocycles. The number of pyridine rings is 1. The number of anilines is 1. The number of phenols is 1. The van der Waals surface area contributed by atoms with E-state index in [9.17, 15) is 32.7 Å². The minimum atomic E-state index is -4.76. The van der Waals surface area contributed by atoms with Crippen LogP contribution in [0.4, 0.5) is 19.0 Å². The van der Waals surface area contributed by atoms with Gasteiger partial charge in [0.15, 0.2) is 5.82 Å². The molecule has 0 radical (unpaired) electrons. The van der Waals surface area contributed by atoms with Crippen LogP contribution in [0.1, 0.15) is 48.8 Å². The summed E-state index contributed by atoms with van der Waals surface area (Å²) in [7, 11) is 2.73. The van der Waals surface area contributed by atoms with E-state index in [4.69, 9.17) is 32.7 Å². The molecule has 7 rings (SSSR count). The number of hydrogen-bond acceptors (Lipinski definition) is 9. The summed E-state index contributed by atoms with van der Waals surface area (Å²) in [5, 5.41) is 11.2. The molecule has 2 saturated heterocycles. The number of amides is 4. The highest BCUT2D eigenvalue weighted by Gasteiger charge is 2.71. The monoisotopic (exact) mass is 772 g/mol. The molecule has 4 aliphatic rings. The fourth-order valence-corrected chi connectivity index (χ4v) is 9.15. The molecule has 2 aliphatic carbocycles. The fourth-order valence-electron chi connectivity index (χ4n) is 8.82. The van der Waals surface area contributed by atoms with Crippen molar-refractivity contribution >= 4 is 52.6 Å². The lowest BCUT2D eigenvalue weighted by atomic mass is 9.49. The van der Waals surface area contributed by atoms with E-state index in [0.29, 0.717) is 39.9 Å². The summed E-state index contributed by atoms with van der Waals surface area (Å²) in [5.74, 6) is -7.20. The standard InChI is InChI=1S/C37H33Cl2F3N4O7/c1-4-11-45-32(48)22-10-9-21-23(28(22)34(45)50)15-24-33(49)46(44-31-25(39)12-18(16-43-31)37(40,41)42)35(51)36(24,17-5-7-19(38)8-6-17)30(21)29-26(52-2)13-20(47)14-27(29)53-3/h5-9,12-14,16,22-24,28,30,47H,4,10-11,15H2,1-3H3,(H,43,44)/t22-,23+,24-,28-,30+,36+/m0/s1. The van der Waals surface area contributed by atoms with Gasteiger partial charge in [0, 0.05) is 41.4 Å². The molecule has 0 unspecified atom stereocenters. The lowest BCUT2D eigenvalue weighted by molar-refractivity contribution is -0.141. The number of carbonyl (C=O) groups excluding carboxylic acids is 4. The first-order valence-electron chi connectivity index (χ1n) is 16.8. The minimum Gasteiger partial charge on any atom is -0.508 e. The Balaban J connectivity index is 1.49. The summed E-state index contributed by atoms with van der Waals surface area (Å²) in [4.78, 5) is 63.0. The van der Waals surface area contributed by atoms with Crippen LogP contribution in [-0.4, -0.2) is 64.4 Å². The number of benzene rings is 2. The molecule has 16 heteroatoms. The second-order valence-corrected chi connectivity index (χ2v) is 14.4. The van der Waals surface area contributed by atoms with Gasteiger partial charge in [0.1, 0.15) is 17.2 Å². The molecule has 4 amide bonds. The molecule has 1 saturated carbocycles. The molecule has 2 aliphatic heterocycles. The van der Waals surface area contributed by atoms with E-state index in [1.807, 2.05) is 13.0 Å². The number of aromatic hydroxyl groups is 1. The summed E-state index contributed by atoms with van der Waals surface area (Å²) in [6.45, 7) is 2.08. The zero-order valence-corrected chi connectivity index (χ0v) is 30.1. The molecule has 1 aromatic heterocycles. The Morgan fingerprint density at radius 2 is 1.64 bits per heavy atom. The zero-order chi connectivity index (χ0) is 38.1. The van der Waals surface area contributed by atoms with Crippen molar-refractivity contribution in [2.75, 3.05) is 26.2 Å². The first-order chi connectivity index (χ1) is 25.2. The van der Waals surface area contributed by atoms with Gasteiger partial charge in [0.2, 0.25) is 11.8 Å². The Kier molecular flexibility index (Phi) is 9.13. The molecule has 3 aromatic rings. The third-order valence-corrected chi connectivity index (χ3v) is 11.5. The number of halogens is 5. The van der Waals surface area contributed by atoms with Gasteiger partial charge in [-0.05, 0) is 48.9 Å². The van der Waals surface area contributed by atoms with Crippen molar-refractivity contribution in [2.45, 2.75) is 43.7 Å². The molecule has 6 atom stereocenters. The fraction of sp³-hybridized carbons (Fsp3) is 0.378. The summed E-state index contributed by atoms with van der Waals surface area (Å²) in [6, 6.07) is 9.66. The number of likely N-dealkylation sites (tertiary alicyclic amines) is 1. The van der Waals surface area contributed by atoms with E-state index < -0.39 is 63.6 Å². The SMILES string of the molecule is CCCN1C(=O)[C@H]2[C@H](CC=C3[C@H]2C[C@H]2C(=O)N(Nc4ncc(C(F)(F)F)cc4Cl)C(=O)[C@@]2(c2ccc(Cl)cc2)[C@H]3c2c(OC)cc(O)cc2OC)C1=O. The number of hydrogen-bond donors (Lipinski definition) is 2. The number of imide groups is 2. The van der Waals surface area contributed by atoms with Crippen molar-refractivity contribution in [1.82, 2.24) is 14.9 Å². The number of allylic oxidation sites excluding steroid dienone is 2. The second kappa shape index (κ2) is 13.2. The number of nitrogens with one attached hydrogen (secondary N) is 1. The van der Waals surface area contributed by atoms with Gasteiger partial charge >= 0.3 is 6.18 Å². The number of carbonyl (C=O) groups is 4. The van der Waals surface area contributed by atoms with Crippen LogP contribution in [0.15, 0.2) is 60.3 Å². The van der Waals surface area contributed by atoms with Gasteiger partial charge in [0.25, 0.3) is 11.8 Å². The Bertz CT molecular complexity index is 2050. The third kappa shape index (κ3) is 5.51. The van der Waals surface area contributed by atoms with Gasteiger partial charge in [-0.2, -0.15) is 18.2 Å². The smallest absolute Gasteiger partial charge is 0.417 e. The van der Waals surface area contributed by atoms with Crippen molar-refractivity contribution in [1.29, 1.82) is 0 Å². The lowest BCUT2D eigenvalue weighted by Gasteiger charge is -2.51. The molecule has 3 fully saturated rings. The summed E-state index contributed by atoms with van der Waals surface area (Å²) < 4.78 is 52.0. The molecule has 0 spiro atoms. The third-order valence-electron chi connectivity index (χ3n) is 10.9. The maximum absolute atomic E-state index is 15.4. The van der Waals surface area contributed by atoms with E-state index in [-0.39, 0.29) is 59.8 Å². The number of ether oxygens (including phenoxy) is 2. The zero-order valence-electron chi connectivity index (χ0n) is 28.5. The molecule has 2 aromatic carbocycles. The number of alkyl halides is 3. The Morgan fingerprint density at radius 1 is 0.981 bits per heavy atom. The van der Waals surface area contributed by atoms with Crippen molar-refractivity contribution in [2.24, 2.45) is 23.7 Å². The summed E-state index contributed by atoms with van der Waals surface area (Å²) in [5.41, 5.74) is 0.875. The molecule has 53 heavy (non-hydrogen) atoms. The first-order valence-corrected chi connectivity index (χ1v) is 17.6. The van der Waals surface area contributed by atoms with Crippen molar-refractivity contribution in [3.05, 3.63) is 87.0 Å². The van der Waals surface area contributed by atoms with E-state index in [2.05, 4.69) is 10.4 Å². The Labute approximate surface area is 311 Å². The van der Waals surface area contributed by atoms with Crippen molar-refractivity contribution in [3.63, 3.8) is 0 Å². The van der Waals surface area contributed by atoms with E-state index in [1.165, 1.54) is 31.3 Å². The van der Waals surface area contributed by atoms with Gasteiger partial charge in [-0.25, -0.2) is 4.98 Å². The van der Waals surface area contributed by atoms with Crippen LogP contribution in [0.25, 0.3) is 0 Å². The Morgan fingerprint density at radius 3 is 2.23 bits per heavy atom. The molecule has 2 N–H and O–H groups in total. The van der Waals surface area contributed by atoms with Crippen LogP contribution in [0.5, 0.6) is 17.2 Å². The van der Waals surface area contributed by atoms with Crippen LogP contribution in [0.2, 0.25) is 10.0 Å². The number of rotatable bonds is 8. The van der Waals surface area contributed by atoms with Crippen molar-refractivity contribution < 1.29 is 46.9 Å². The predicted molar refractivity (Wildman–Crippen MR) is 185 cm³/mol. The van der Waals surface area contributed by atoms with E-state index in [0.717, 1.165) is 0 Å². The maximum Gasteiger partial charge on any atom is 0.417 e. The average molecular weight is 774 g/mol. The lowest BCUT2D eigenvalue weighted by Crippen LogP contribution is -2.53. The summed E-state index contributed by atoms with van der Waals surface area (Å²) >= 11 is 12.6. The van der Waals surface area contributed by atoms with Gasteiger partial charge < -0.3 is 14.6 Å². The van der Waals surface area contributed by atoms with Crippen LogP contribution in [0.3, 0.4) is 0 Å². The highest BCUT2D eigenvalue weighted by Crippen LogP contribution is 2.66. The average Bonchev–Trinajstić information content (AvgIpc) is 3.49. The van der Waals surface area contributed by atoms with Crippen LogP contribution >= 0.6 is 23.2 Å². The van der Waals surface area contributed by atoms with Gasteiger partial charge in [-0.1, -0.05) is 53.9 Å². The van der Waals surface area contributed by atoms with E-state index in [1.54, 1.807) is 24.3 Å². The normalized spacial score (nSPS) is 26.6. The van der Waals surface area contributed by atoms with Gasteiger partial charge in [0.05, 0.1) is 48.0 Å². The van der Waals surface area contributed by atoms with Crippen LogP contribution in [-0.2, 0) is 30.8 Å². The number of methoxy groups -OCH3 is 2. The first kappa shape index (κ1) is 36.5. The Hall–Kier alpha value is -4.82. The van der Waals surface area contributed by atoms with Crippen molar-refractivity contribution in [3.8, 4) is 17.2 Å². The number of phenolic OH excluding ortho intramolecular Hbond substituents is 1. The number of hydrazine groups is 1. The van der Waals surface area contributed by atoms with Crippen LogP contribution in [0, 0.1) is 23.7 Å². The maximum atomic E-state index is 15.4. The topological polar surface area (TPSA) is 138 Å². The number of aromatic nitrogens is 1. The number of fused-ring (bicyclic) bond motifs is 4. The highest BCUT2D eigenvalue weighted by atomic mass is 35.5. The molecule has 0 bridgehead atoms. The quantitative estimate of drug-likeness (QED) is 0.194. The molecule has 11 nitrogen and oxygen atoms in total. The summed E-state index contributed by atoms with van der Waals surface area (Å²) in [6.07, 6.45) is -1.71. The second-order valence-electron chi connectivity index (χ2n) is 13.5. The van der Waals surface area contributed by atoms with Crippen LogP contribution < -0.4 is 14.9 Å². The number of nitrogens with zero attached hydrogens (tertiary/aromatic N) is 3. The highest BCUT2D eigenvalue weighted by molar-refractivity contribution is 6.33. The minimum absolute atomic E-state index is 0.0508. The van der Waals surface area contributed by atoms with Gasteiger partial charge in [-0.3, -0.25) is 29.5 Å². The van der Waals surface area contributed by atoms with Gasteiger partial charge in [-0.15, -0.1) is 0 Å². The molecule has 278 valence electrons. The molecular formula is C37H33Cl2F3N4O7.